The van der Waals surface area contributed by atoms with Gasteiger partial charge in [-0.25, -0.2) is 0 Å². The highest BCUT2D eigenvalue weighted by Gasteiger charge is 2.58. The number of hydrogen-bond acceptors (Lipinski definition) is 4. The Morgan fingerprint density at radius 1 is 0.895 bits per heavy atom. The normalized spacial score (nSPS) is 39.4. The van der Waals surface area contributed by atoms with Gasteiger partial charge in [0.1, 0.15) is 0 Å². The van der Waals surface area contributed by atoms with Gasteiger partial charge in [-0.15, -0.1) is 0 Å². The summed E-state index contributed by atoms with van der Waals surface area (Å²) >= 11 is 0. The van der Waals surface area contributed by atoms with Crippen LogP contribution in [0.4, 0.5) is 0 Å². The van der Waals surface area contributed by atoms with Gasteiger partial charge in [-0.3, -0.25) is 9.59 Å². The predicted molar refractivity (Wildman–Crippen MR) is 68.1 cm³/mol. The van der Waals surface area contributed by atoms with E-state index in [-0.39, 0.29) is 5.41 Å². The van der Waals surface area contributed by atoms with Gasteiger partial charge in [0.2, 0.25) is 0 Å². The smallest absolute Gasteiger partial charge is 0.320 e. The molecule has 0 heterocycles. The minimum absolute atomic E-state index is 0.186. The van der Waals surface area contributed by atoms with E-state index in [1.54, 1.807) is 0 Å². The third kappa shape index (κ3) is 1.96. The first-order chi connectivity index (χ1) is 9.08. The molecule has 0 aromatic heterocycles. The van der Waals surface area contributed by atoms with E-state index in [1.165, 1.54) is 33.5 Å². The number of ether oxygens (including phenoxy) is 2. The van der Waals surface area contributed by atoms with Crippen LogP contribution in [-0.4, -0.2) is 26.2 Å². The van der Waals surface area contributed by atoms with Crippen LogP contribution in [0.2, 0.25) is 0 Å². The molecule has 4 aliphatic carbocycles. The van der Waals surface area contributed by atoms with E-state index in [0.29, 0.717) is 17.8 Å². The van der Waals surface area contributed by atoms with Crippen LogP contribution in [0.15, 0.2) is 0 Å². The number of carbonyl (C=O) groups is 2. The van der Waals surface area contributed by atoms with Crippen LogP contribution in [0.1, 0.15) is 38.5 Å². The van der Waals surface area contributed by atoms with Crippen molar-refractivity contribution in [2.75, 3.05) is 14.2 Å². The Balaban J connectivity index is 1.93. The first-order valence-corrected chi connectivity index (χ1v) is 7.23. The van der Waals surface area contributed by atoms with Crippen molar-refractivity contribution in [3.05, 3.63) is 0 Å². The Bertz CT molecular complexity index is 350. The molecule has 0 amide bonds. The molecule has 19 heavy (non-hydrogen) atoms. The van der Waals surface area contributed by atoms with Crippen LogP contribution in [0.3, 0.4) is 0 Å². The van der Waals surface area contributed by atoms with Crippen molar-refractivity contribution in [3.8, 4) is 0 Å². The first-order valence-electron chi connectivity index (χ1n) is 7.23. The number of rotatable bonds is 3. The molecule has 4 rings (SSSR count). The second-order valence-corrected chi connectivity index (χ2v) is 6.76. The maximum atomic E-state index is 12.1. The molecule has 4 aliphatic rings. The Labute approximate surface area is 113 Å². The Hall–Kier alpha value is -1.06. The highest BCUT2D eigenvalue weighted by molar-refractivity contribution is 5.96. The molecule has 0 spiro atoms. The van der Waals surface area contributed by atoms with E-state index >= 15 is 0 Å². The quantitative estimate of drug-likeness (QED) is 0.580. The summed E-state index contributed by atoms with van der Waals surface area (Å²) in [6, 6.07) is 0. The molecular formula is C15H22O4. The fourth-order valence-corrected chi connectivity index (χ4v) is 5.36. The molecule has 4 heteroatoms. The molecule has 0 saturated heterocycles. The molecule has 0 aromatic rings. The second-order valence-electron chi connectivity index (χ2n) is 6.76. The van der Waals surface area contributed by atoms with Gasteiger partial charge in [0.25, 0.3) is 0 Å². The molecule has 4 saturated carbocycles. The van der Waals surface area contributed by atoms with Crippen LogP contribution >= 0.6 is 0 Å². The molecule has 0 N–H and O–H groups in total. The van der Waals surface area contributed by atoms with Crippen LogP contribution in [0, 0.1) is 29.1 Å². The zero-order chi connectivity index (χ0) is 13.6. The fraction of sp³-hybridized carbons (Fsp3) is 0.867. The standard InChI is InChI=1S/C15H22O4/c1-18-13(16)12(14(17)19-2)15-6-9-3-10(7-15)5-11(4-9)8-15/h9-12H,3-8H2,1-2H3. The minimum atomic E-state index is -0.712. The summed E-state index contributed by atoms with van der Waals surface area (Å²) < 4.78 is 9.77. The average molecular weight is 266 g/mol. The largest absolute Gasteiger partial charge is 0.468 e. The summed E-state index contributed by atoms with van der Waals surface area (Å²) in [4.78, 5) is 24.2. The van der Waals surface area contributed by atoms with E-state index in [9.17, 15) is 9.59 Å². The van der Waals surface area contributed by atoms with Gasteiger partial charge in [-0.05, 0) is 61.7 Å². The lowest BCUT2D eigenvalue weighted by Crippen LogP contribution is -2.54. The van der Waals surface area contributed by atoms with E-state index in [1.807, 2.05) is 0 Å². The summed E-state index contributed by atoms with van der Waals surface area (Å²) in [5.74, 6) is 0.563. The third-order valence-electron chi connectivity index (χ3n) is 5.57. The maximum Gasteiger partial charge on any atom is 0.320 e. The van der Waals surface area contributed by atoms with Crippen molar-refractivity contribution in [2.24, 2.45) is 29.1 Å². The molecule has 4 bridgehead atoms. The zero-order valence-corrected chi connectivity index (χ0v) is 11.7. The fourth-order valence-electron chi connectivity index (χ4n) is 5.36. The number of carbonyl (C=O) groups excluding carboxylic acids is 2. The molecule has 0 atom stereocenters. The van der Waals surface area contributed by atoms with E-state index in [4.69, 9.17) is 9.47 Å². The Morgan fingerprint density at radius 2 is 1.26 bits per heavy atom. The lowest BCUT2D eigenvalue weighted by atomic mass is 9.46. The third-order valence-corrected chi connectivity index (χ3v) is 5.57. The molecule has 0 unspecified atom stereocenters. The number of esters is 2. The first kappa shape index (κ1) is 12.9. The molecule has 0 radical (unpaired) electrons. The minimum Gasteiger partial charge on any atom is -0.468 e. The summed E-state index contributed by atoms with van der Waals surface area (Å²) in [6.07, 6.45) is 6.84. The van der Waals surface area contributed by atoms with Crippen molar-refractivity contribution in [3.63, 3.8) is 0 Å². The van der Waals surface area contributed by atoms with Gasteiger partial charge in [0.15, 0.2) is 5.92 Å². The Morgan fingerprint density at radius 3 is 1.58 bits per heavy atom. The van der Waals surface area contributed by atoms with Gasteiger partial charge >= 0.3 is 11.9 Å². The van der Waals surface area contributed by atoms with Crippen molar-refractivity contribution < 1.29 is 19.1 Å². The summed E-state index contributed by atoms with van der Waals surface area (Å²) in [5.41, 5.74) is -0.186. The second kappa shape index (κ2) is 4.50. The van der Waals surface area contributed by atoms with Gasteiger partial charge in [-0.1, -0.05) is 0 Å². The summed E-state index contributed by atoms with van der Waals surface area (Å²) in [5, 5.41) is 0. The lowest BCUT2D eigenvalue weighted by molar-refractivity contribution is -0.177. The summed E-state index contributed by atoms with van der Waals surface area (Å²) in [6.45, 7) is 0. The van der Waals surface area contributed by atoms with Crippen molar-refractivity contribution >= 4 is 11.9 Å². The van der Waals surface area contributed by atoms with Crippen LogP contribution in [-0.2, 0) is 19.1 Å². The van der Waals surface area contributed by atoms with Crippen molar-refractivity contribution in [2.45, 2.75) is 38.5 Å². The highest BCUT2D eigenvalue weighted by Crippen LogP contribution is 2.63. The molecule has 0 aliphatic heterocycles. The van der Waals surface area contributed by atoms with E-state index in [0.717, 1.165) is 19.3 Å². The monoisotopic (exact) mass is 266 g/mol. The molecule has 4 fully saturated rings. The predicted octanol–water partition coefficient (Wildman–Crippen LogP) is 2.17. The lowest BCUT2D eigenvalue weighted by Gasteiger charge is -2.58. The van der Waals surface area contributed by atoms with Gasteiger partial charge in [0.05, 0.1) is 14.2 Å². The zero-order valence-electron chi connectivity index (χ0n) is 11.7. The average Bonchev–Trinajstić information content (AvgIpc) is 2.36. The van der Waals surface area contributed by atoms with Gasteiger partial charge in [-0.2, -0.15) is 0 Å². The van der Waals surface area contributed by atoms with Crippen LogP contribution in [0.25, 0.3) is 0 Å². The molecule has 106 valence electrons. The van der Waals surface area contributed by atoms with Gasteiger partial charge in [0, 0.05) is 0 Å². The Kier molecular flexibility index (Phi) is 3.06. The highest BCUT2D eigenvalue weighted by atomic mass is 16.5. The SMILES string of the molecule is COC(=O)C(C(=O)OC)C12CC3CC(CC(C3)C1)C2. The van der Waals surface area contributed by atoms with Crippen molar-refractivity contribution in [1.29, 1.82) is 0 Å². The van der Waals surface area contributed by atoms with E-state index in [2.05, 4.69) is 0 Å². The van der Waals surface area contributed by atoms with Gasteiger partial charge < -0.3 is 9.47 Å². The molecular weight excluding hydrogens is 244 g/mol. The molecule has 0 aromatic carbocycles. The van der Waals surface area contributed by atoms with Crippen LogP contribution < -0.4 is 0 Å². The van der Waals surface area contributed by atoms with E-state index < -0.39 is 17.9 Å². The maximum absolute atomic E-state index is 12.1. The topological polar surface area (TPSA) is 52.6 Å². The number of methoxy groups -OCH3 is 2. The van der Waals surface area contributed by atoms with Crippen molar-refractivity contribution in [1.82, 2.24) is 0 Å². The van der Waals surface area contributed by atoms with Crippen LogP contribution in [0.5, 0.6) is 0 Å². The molecule has 4 nitrogen and oxygen atoms in total. The summed E-state index contributed by atoms with van der Waals surface area (Å²) in [7, 11) is 2.72. The number of hydrogen-bond donors (Lipinski definition) is 0.